The zero-order valence-corrected chi connectivity index (χ0v) is 18.8. The molecule has 33 heavy (non-hydrogen) atoms. The average molecular weight is 493 g/mol. The third kappa shape index (κ3) is 4.17. The number of piperidine rings is 1. The quantitative estimate of drug-likeness (QED) is 0.474. The Labute approximate surface area is 189 Å². The van der Waals surface area contributed by atoms with Crippen LogP contribution in [0, 0.1) is 11.2 Å². The van der Waals surface area contributed by atoms with Crippen molar-refractivity contribution < 1.29 is 35.9 Å². The lowest BCUT2D eigenvalue weighted by Crippen LogP contribution is -2.43. The molecule has 0 N–H and O–H groups in total. The van der Waals surface area contributed by atoms with E-state index >= 15 is 0 Å². The topological polar surface area (TPSA) is 55.3 Å². The maximum atomic E-state index is 14.9. The lowest BCUT2D eigenvalue weighted by molar-refractivity contribution is -0.137. The van der Waals surface area contributed by atoms with E-state index in [0.717, 1.165) is 12.1 Å². The molecule has 1 saturated carbocycles. The number of nitrogens with zero attached hydrogens (tertiary/aromatic N) is 3. The molecule has 1 atom stereocenters. The Kier molecular flexibility index (Phi) is 5.46. The fourth-order valence-electron chi connectivity index (χ4n) is 4.35. The molecule has 1 amide bonds. The zero-order valence-electron chi connectivity index (χ0n) is 18.0. The molecule has 2 fully saturated rings. The van der Waals surface area contributed by atoms with Gasteiger partial charge in [-0.05, 0) is 63.3 Å². The van der Waals surface area contributed by atoms with Gasteiger partial charge in [0.1, 0.15) is 16.4 Å². The number of alkyl halides is 5. The molecular weight excluding hydrogens is 472 g/mol. The number of likely N-dealkylation sites (tertiary alicyclic amines) is 1. The maximum absolute atomic E-state index is 14.9. The van der Waals surface area contributed by atoms with E-state index in [9.17, 15) is 31.1 Å². The highest BCUT2D eigenvalue weighted by atomic mass is 32.1. The summed E-state index contributed by atoms with van der Waals surface area (Å²) in [5.41, 5.74) is -3.83. The van der Waals surface area contributed by atoms with Crippen LogP contribution in [0.2, 0.25) is 0 Å². The molecule has 1 spiro atoms. The molecule has 180 valence electrons. The number of halogens is 6. The van der Waals surface area contributed by atoms with Crippen molar-refractivity contribution in [1.82, 2.24) is 14.3 Å². The van der Waals surface area contributed by atoms with E-state index in [4.69, 9.17) is 4.74 Å². The molecule has 2 heterocycles. The molecule has 12 heteroatoms. The van der Waals surface area contributed by atoms with Crippen LogP contribution in [0.1, 0.15) is 50.9 Å². The minimum absolute atomic E-state index is 0.0111. The summed E-state index contributed by atoms with van der Waals surface area (Å²) in [5.74, 6) is -5.81. The summed E-state index contributed by atoms with van der Waals surface area (Å²) in [4.78, 5) is 17.6. The second-order valence-electron chi connectivity index (χ2n) is 9.32. The lowest BCUT2D eigenvalue weighted by Gasteiger charge is -2.33. The number of ether oxygens (including phenoxy) is 1. The SMILES string of the molecule is CC(C)(C)OC(=O)N1CCC2(CC1)C(c1nsc(-c3ccc(F)cc3C(F)(F)F)n1)C2(F)F. The Morgan fingerprint density at radius 1 is 1.18 bits per heavy atom. The predicted molar refractivity (Wildman–Crippen MR) is 107 cm³/mol. The van der Waals surface area contributed by atoms with Crippen molar-refractivity contribution in [1.29, 1.82) is 0 Å². The highest BCUT2D eigenvalue weighted by molar-refractivity contribution is 7.09. The first kappa shape index (κ1) is 23.8. The van der Waals surface area contributed by atoms with Gasteiger partial charge in [-0.3, -0.25) is 0 Å². The summed E-state index contributed by atoms with van der Waals surface area (Å²) >= 11 is 0.566. The van der Waals surface area contributed by atoms with Crippen molar-refractivity contribution >= 4 is 17.6 Å². The minimum Gasteiger partial charge on any atom is -0.444 e. The number of rotatable bonds is 2. The van der Waals surface area contributed by atoms with E-state index in [1.54, 1.807) is 20.8 Å². The van der Waals surface area contributed by atoms with Crippen LogP contribution in [-0.4, -0.2) is 45.0 Å². The van der Waals surface area contributed by atoms with Gasteiger partial charge in [0, 0.05) is 18.7 Å². The van der Waals surface area contributed by atoms with Crippen LogP contribution in [-0.2, 0) is 10.9 Å². The molecule has 1 aromatic heterocycles. The van der Waals surface area contributed by atoms with E-state index in [2.05, 4.69) is 9.36 Å². The number of carbonyl (C=O) groups is 1. The summed E-state index contributed by atoms with van der Waals surface area (Å²) in [6.45, 7) is 5.25. The van der Waals surface area contributed by atoms with Crippen LogP contribution in [0.4, 0.5) is 31.1 Å². The maximum Gasteiger partial charge on any atom is 0.417 e. The Bertz CT molecular complexity index is 1070. The number of benzene rings is 1. The fourth-order valence-corrected chi connectivity index (χ4v) is 5.09. The molecule has 1 aliphatic heterocycles. The molecular formula is C21H21F6N3O2S. The highest BCUT2D eigenvalue weighted by Gasteiger charge is 2.82. The Balaban J connectivity index is 1.54. The minimum atomic E-state index is -4.84. The molecule has 5 nitrogen and oxygen atoms in total. The van der Waals surface area contributed by atoms with Gasteiger partial charge in [-0.25, -0.2) is 22.9 Å². The van der Waals surface area contributed by atoms with E-state index in [1.807, 2.05) is 0 Å². The Morgan fingerprint density at radius 2 is 1.82 bits per heavy atom. The van der Waals surface area contributed by atoms with Crippen LogP contribution < -0.4 is 0 Å². The molecule has 0 bridgehead atoms. The van der Waals surface area contributed by atoms with Gasteiger partial charge < -0.3 is 9.64 Å². The molecule has 0 radical (unpaired) electrons. The largest absolute Gasteiger partial charge is 0.444 e. The lowest BCUT2D eigenvalue weighted by atomic mass is 9.90. The van der Waals surface area contributed by atoms with Gasteiger partial charge in [-0.15, -0.1) is 0 Å². The highest BCUT2D eigenvalue weighted by Crippen LogP contribution is 2.75. The first-order valence-electron chi connectivity index (χ1n) is 10.2. The standard InChI is InChI=1S/C21H21F6N3O2S/c1-18(2,3)32-17(31)30-8-6-19(7-9-30)14(20(19,23)24)15-28-16(33-29-15)12-5-4-11(22)10-13(12)21(25,26)27/h4-5,10,14H,6-9H2,1-3H3. The van der Waals surface area contributed by atoms with Gasteiger partial charge in [-0.1, -0.05) is 0 Å². The summed E-state index contributed by atoms with van der Waals surface area (Å²) in [6.07, 6.45) is -5.45. The molecule has 2 aliphatic rings. The first-order valence-corrected chi connectivity index (χ1v) is 11.0. The van der Waals surface area contributed by atoms with Crippen LogP contribution in [0.25, 0.3) is 10.6 Å². The van der Waals surface area contributed by atoms with Crippen molar-refractivity contribution in [3.05, 3.63) is 35.4 Å². The van der Waals surface area contributed by atoms with Crippen molar-refractivity contribution in [3.63, 3.8) is 0 Å². The van der Waals surface area contributed by atoms with Crippen molar-refractivity contribution in [2.75, 3.05) is 13.1 Å². The zero-order chi connectivity index (χ0) is 24.4. The normalized spacial score (nSPS) is 21.8. The summed E-state index contributed by atoms with van der Waals surface area (Å²) in [6, 6.07) is 2.11. The number of aromatic nitrogens is 2. The average Bonchev–Trinajstić information content (AvgIpc) is 2.99. The van der Waals surface area contributed by atoms with Crippen molar-refractivity contribution in [2.45, 2.75) is 57.2 Å². The van der Waals surface area contributed by atoms with Crippen molar-refractivity contribution in [2.24, 2.45) is 5.41 Å². The van der Waals surface area contributed by atoms with E-state index in [0.29, 0.717) is 17.6 Å². The van der Waals surface area contributed by atoms with Crippen LogP contribution in [0.15, 0.2) is 18.2 Å². The van der Waals surface area contributed by atoms with Gasteiger partial charge in [0.15, 0.2) is 5.82 Å². The van der Waals surface area contributed by atoms with Gasteiger partial charge in [0.25, 0.3) is 5.92 Å². The molecule has 2 aromatic rings. The van der Waals surface area contributed by atoms with E-state index < -0.39 is 52.1 Å². The molecule has 1 saturated heterocycles. The van der Waals surface area contributed by atoms with Gasteiger partial charge in [-0.2, -0.15) is 17.5 Å². The third-order valence-electron chi connectivity index (χ3n) is 6.02. The molecule has 1 unspecified atom stereocenters. The third-order valence-corrected chi connectivity index (χ3v) is 6.78. The first-order chi connectivity index (χ1) is 15.2. The molecule has 1 aliphatic carbocycles. The van der Waals surface area contributed by atoms with Gasteiger partial charge in [0.05, 0.1) is 16.9 Å². The van der Waals surface area contributed by atoms with Gasteiger partial charge >= 0.3 is 12.3 Å². The molecule has 4 rings (SSSR count). The number of amides is 1. The fraction of sp³-hybridized carbons (Fsp3) is 0.571. The smallest absolute Gasteiger partial charge is 0.417 e. The van der Waals surface area contributed by atoms with E-state index in [-0.39, 0.29) is 36.8 Å². The van der Waals surface area contributed by atoms with Gasteiger partial charge in [0.2, 0.25) is 0 Å². The second-order valence-corrected chi connectivity index (χ2v) is 10.1. The number of hydrogen-bond donors (Lipinski definition) is 0. The number of hydrogen-bond acceptors (Lipinski definition) is 5. The van der Waals surface area contributed by atoms with Crippen LogP contribution in [0.3, 0.4) is 0 Å². The summed E-state index contributed by atoms with van der Waals surface area (Å²) < 4.78 is 92.4. The summed E-state index contributed by atoms with van der Waals surface area (Å²) in [7, 11) is 0. The van der Waals surface area contributed by atoms with Crippen LogP contribution in [0.5, 0.6) is 0 Å². The Hall–Kier alpha value is -2.37. The van der Waals surface area contributed by atoms with E-state index in [1.165, 1.54) is 4.90 Å². The van der Waals surface area contributed by atoms with Crippen molar-refractivity contribution in [3.8, 4) is 10.6 Å². The summed E-state index contributed by atoms with van der Waals surface area (Å²) in [5, 5.41) is -0.207. The number of carbonyl (C=O) groups excluding carboxylic acids is 1. The second kappa shape index (κ2) is 7.57. The van der Waals surface area contributed by atoms with Crippen LogP contribution >= 0.6 is 11.5 Å². The predicted octanol–water partition coefficient (Wildman–Crippen LogP) is 6.11. The Morgan fingerprint density at radius 3 is 2.39 bits per heavy atom. The monoisotopic (exact) mass is 493 g/mol. The molecule has 1 aromatic carbocycles.